The van der Waals surface area contributed by atoms with Gasteiger partial charge in [0.25, 0.3) is 0 Å². The zero-order valence-corrected chi connectivity index (χ0v) is 24.1. The molecule has 4 rings (SSSR count). The fourth-order valence-corrected chi connectivity index (χ4v) is 4.54. The molecule has 208 valence electrons. The number of methoxy groups -OCH3 is 1. The van der Waals surface area contributed by atoms with E-state index in [4.69, 9.17) is 14.5 Å². The van der Waals surface area contributed by atoms with E-state index in [1.165, 1.54) is 7.11 Å². The minimum atomic E-state index is -0.387. The molecule has 40 heavy (non-hydrogen) atoms. The number of rotatable bonds is 10. The fourth-order valence-electron chi connectivity index (χ4n) is 4.54. The van der Waals surface area contributed by atoms with Crippen LogP contribution in [-0.4, -0.2) is 35.2 Å². The van der Waals surface area contributed by atoms with Crippen molar-refractivity contribution < 1.29 is 19.1 Å². The fraction of sp³-hybridized carbons (Fsp3) is 0.265. The Morgan fingerprint density at radius 1 is 0.900 bits per heavy atom. The summed E-state index contributed by atoms with van der Waals surface area (Å²) in [5.74, 6) is 0.0130. The van der Waals surface area contributed by atoms with E-state index in [0.29, 0.717) is 37.3 Å². The molecule has 0 bridgehead atoms. The lowest BCUT2D eigenvalue weighted by molar-refractivity contribution is 0.0511. The van der Waals surface area contributed by atoms with Crippen LogP contribution in [-0.2, 0) is 28.9 Å². The third-order valence-corrected chi connectivity index (χ3v) is 6.39. The molecule has 0 unspecified atom stereocenters. The van der Waals surface area contributed by atoms with Crippen molar-refractivity contribution in [2.75, 3.05) is 13.7 Å². The van der Waals surface area contributed by atoms with Gasteiger partial charge >= 0.3 is 11.9 Å². The molecule has 0 atom stereocenters. The average Bonchev–Trinajstić information content (AvgIpc) is 3.35. The van der Waals surface area contributed by atoms with Gasteiger partial charge in [-0.1, -0.05) is 87.5 Å². The van der Waals surface area contributed by atoms with Crippen molar-refractivity contribution in [3.8, 4) is 22.3 Å². The highest BCUT2D eigenvalue weighted by molar-refractivity contribution is 5.98. The number of imidazole rings is 1. The summed E-state index contributed by atoms with van der Waals surface area (Å²) in [5, 5.41) is 0. The van der Waals surface area contributed by atoms with Gasteiger partial charge in [0.05, 0.1) is 25.0 Å². The van der Waals surface area contributed by atoms with Gasteiger partial charge in [-0.25, -0.2) is 14.6 Å². The van der Waals surface area contributed by atoms with Crippen molar-refractivity contribution in [2.45, 2.75) is 47.1 Å². The maximum atomic E-state index is 12.8. The molecule has 0 aliphatic rings. The summed E-state index contributed by atoms with van der Waals surface area (Å²) in [4.78, 5) is 30.1. The summed E-state index contributed by atoms with van der Waals surface area (Å²) in [6.07, 6.45) is 2.95. The number of carbonyl (C=O) groups excluding carboxylic acids is 2. The molecule has 0 aliphatic heterocycles. The Morgan fingerprint density at radius 3 is 2.17 bits per heavy atom. The quantitative estimate of drug-likeness (QED) is 0.154. The number of allylic oxidation sites excluding steroid dienone is 1. The predicted molar refractivity (Wildman–Crippen MR) is 161 cm³/mol. The lowest BCUT2D eigenvalue weighted by Gasteiger charge is -2.14. The van der Waals surface area contributed by atoms with E-state index in [0.717, 1.165) is 39.3 Å². The minimum absolute atomic E-state index is 0.295. The summed E-state index contributed by atoms with van der Waals surface area (Å²) >= 11 is 0. The SMILES string of the molecule is C=CCc1nc(CC)c(C(=O)OCC)n1Cc1ccc(-c2cc(-c3ccccc3)ccc2C(=O)OC)cc1.CC. The molecule has 0 spiro atoms. The van der Waals surface area contributed by atoms with Crippen LogP contribution in [0, 0.1) is 0 Å². The van der Waals surface area contributed by atoms with Gasteiger partial charge in [0, 0.05) is 13.0 Å². The van der Waals surface area contributed by atoms with Crippen molar-refractivity contribution >= 4 is 11.9 Å². The summed E-state index contributed by atoms with van der Waals surface area (Å²) in [7, 11) is 1.39. The Balaban J connectivity index is 0.00000216. The molecule has 3 aromatic carbocycles. The molecule has 0 N–H and O–H groups in total. The smallest absolute Gasteiger partial charge is 0.356 e. The summed E-state index contributed by atoms with van der Waals surface area (Å²) in [5.41, 5.74) is 6.45. The molecule has 0 saturated carbocycles. The second kappa shape index (κ2) is 14.6. The van der Waals surface area contributed by atoms with Crippen LogP contribution >= 0.6 is 0 Å². The number of aryl methyl sites for hydroxylation is 1. The Hall–Kier alpha value is -4.45. The van der Waals surface area contributed by atoms with Gasteiger partial charge in [-0.15, -0.1) is 6.58 Å². The van der Waals surface area contributed by atoms with Crippen LogP contribution in [0.25, 0.3) is 22.3 Å². The minimum Gasteiger partial charge on any atom is -0.465 e. The summed E-state index contributed by atoms with van der Waals surface area (Å²) in [6, 6.07) is 23.8. The van der Waals surface area contributed by atoms with E-state index in [1.54, 1.807) is 13.0 Å². The first-order chi connectivity index (χ1) is 19.5. The monoisotopic (exact) mass is 538 g/mol. The van der Waals surface area contributed by atoms with Crippen LogP contribution in [0.2, 0.25) is 0 Å². The molecule has 6 nitrogen and oxygen atoms in total. The lowest BCUT2D eigenvalue weighted by atomic mass is 9.94. The average molecular weight is 539 g/mol. The molecule has 0 aliphatic carbocycles. The number of nitrogens with zero attached hydrogens (tertiary/aromatic N) is 2. The van der Waals surface area contributed by atoms with E-state index in [9.17, 15) is 9.59 Å². The highest BCUT2D eigenvalue weighted by Gasteiger charge is 2.23. The lowest BCUT2D eigenvalue weighted by Crippen LogP contribution is -2.16. The predicted octanol–water partition coefficient (Wildman–Crippen LogP) is 7.55. The van der Waals surface area contributed by atoms with E-state index in [-0.39, 0.29) is 11.9 Å². The number of hydrogen-bond acceptors (Lipinski definition) is 5. The number of ether oxygens (including phenoxy) is 2. The molecule has 6 heteroatoms. The van der Waals surface area contributed by atoms with Crippen LogP contribution < -0.4 is 0 Å². The first-order valence-electron chi connectivity index (χ1n) is 13.7. The van der Waals surface area contributed by atoms with Gasteiger partial charge in [-0.05, 0) is 53.3 Å². The standard InChI is InChI=1S/C32H32N2O4.C2H6/c1-5-11-29-33-28(6-2)30(32(36)38-7-3)34(29)21-22-14-16-24(17-15-22)27-20-25(23-12-9-8-10-13-23)18-19-26(27)31(35)37-4;1-2/h5,8-10,12-20H,1,6-7,11,21H2,2-4H3;1-2H3. The number of esters is 2. The molecule has 0 fully saturated rings. The Bertz CT molecular complexity index is 1440. The second-order valence-corrected chi connectivity index (χ2v) is 8.79. The number of benzene rings is 3. The molecular weight excluding hydrogens is 500 g/mol. The van der Waals surface area contributed by atoms with Crippen LogP contribution in [0.5, 0.6) is 0 Å². The van der Waals surface area contributed by atoms with E-state index in [2.05, 4.69) is 6.58 Å². The van der Waals surface area contributed by atoms with E-state index >= 15 is 0 Å². The molecule has 4 aromatic rings. The summed E-state index contributed by atoms with van der Waals surface area (Å²) in [6.45, 7) is 12.4. The van der Waals surface area contributed by atoms with Crippen LogP contribution in [0.3, 0.4) is 0 Å². The Kier molecular flexibility index (Phi) is 11.0. The van der Waals surface area contributed by atoms with E-state index < -0.39 is 0 Å². The van der Waals surface area contributed by atoms with Gasteiger partial charge in [-0.3, -0.25) is 0 Å². The second-order valence-electron chi connectivity index (χ2n) is 8.79. The largest absolute Gasteiger partial charge is 0.465 e. The van der Waals surface area contributed by atoms with Crippen LogP contribution in [0.1, 0.15) is 65.6 Å². The highest BCUT2D eigenvalue weighted by atomic mass is 16.5. The zero-order chi connectivity index (χ0) is 29.1. The molecule has 0 radical (unpaired) electrons. The summed E-state index contributed by atoms with van der Waals surface area (Å²) < 4.78 is 12.3. The first kappa shape index (κ1) is 30.1. The third-order valence-electron chi connectivity index (χ3n) is 6.39. The third kappa shape index (κ3) is 6.75. The number of hydrogen-bond donors (Lipinski definition) is 0. The Morgan fingerprint density at radius 2 is 1.57 bits per heavy atom. The number of carbonyl (C=O) groups is 2. The van der Waals surface area contributed by atoms with Crippen molar-refractivity contribution in [3.05, 3.63) is 114 Å². The van der Waals surface area contributed by atoms with Gasteiger partial charge in [0.1, 0.15) is 5.82 Å². The van der Waals surface area contributed by atoms with Gasteiger partial charge in [0.2, 0.25) is 0 Å². The van der Waals surface area contributed by atoms with Gasteiger partial charge in [-0.2, -0.15) is 0 Å². The zero-order valence-electron chi connectivity index (χ0n) is 24.1. The molecule has 1 heterocycles. The highest BCUT2D eigenvalue weighted by Crippen LogP contribution is 2.31. The maximum Gasteiger partial charge on any atom is 0.356 e. The van der Waals surface area contributed by atoms with Gasteiger partial charge < -0.3 is 14.0 Å². The molecule has 0 amide bonds. The topological polar surface area (TPSA) is 70.4 Å². The molecule has 0 saturated heterocycles. The first-order valence-corrected chi connectivity index (χ1v) is 13.7. The number of aromatic nitrogens is 2. The normalized spacial score (nSPS) is 10.3. The van der Waals surface area contributed by atoms with Crippen LogP contribution in [0.4, 0.5) is 0 Å². The maximum absolute atomic E-state index is 12.8. The Labute approximate surface area is 237 Å². The van der Waals surface area contributed by atoms with Crippen LogP contribution in [0.15, 0.2) is 85.5 Å². The van der Waals surface area contributed by atoms with Gasteiger partial charge in [0.15, 0.2) is 5.69 Å². The molecular formula is C34H38N2O4. The van der Waals surface area contributed by atoms with Crippen molar-refractivity contribution in [1.29, 1.82) is 0 Å². The molecule has 1 aromatic heterocycles. The van der Waals surface area contributed by atoms with Crippen molar-refractivity contribution in [1.82, 2.24) is 9.55 Å². The van der Waals surface area contributed by atoms with Crippen molar-refractivity contribution in [2.24, 2.45) is 0 Å². The van der Waals surface area contributed by atoms with E-state index in [1.807, 2.05) is 98.1 Å². The van der Waals surface area contributed by atoms with Crippen molar-refractivity contribution in [3.63, 3.8) is 0 Å².